The monoisotopic (exact) mass is 501 g/mol. The lowest BCUT2D eigenvalue weighted by molar-refractivity contribution is 0.235. The van der Waals surface area contributed by atoms with Crippen LogP contribution in [-0.2, 0) is 13.0 Å². The van der Waals surface area contributed by atoms with E-state index in [9.17, 15) is 0 Å². The molecular weight excluding hydrogens is 462 g/mol. The van der Waals surface area contributed by atoms with Crippen LogP contribution in [-0.4, -0.2) is 27.7 Å². The molecule has 0 spiro atoms. The van der Waals surface area contributed by atoms with Gasteiger partial charge in [0, 0.05) is 35.4 Å². The summed E-state index contributed by atoms with van der Waals surface area (Å²) < 4.78 is 8.43. The van der Waals surface area contributed by atoms with Crippen molar-refractivity contribution < 1.29 is 4.74 Å². The number of nitrogens with zero attached hydrogens (tertiary/aromatic N) is 2. The summed E-state index contributed by atoms with van der Waals surface area (Å²) >= 11 is 5.98. The maximum absolute atomic E-state index is 5.98. The van der Waals surface area contributed by atoms with Crippen molar-refractivity contribution in [1.82, 2.24) is 9.47 Å². The average molecular weight is 502 g/mol. The molecule has 0 saturated heterocycles. The third kappa shape index (κ3) is 4.51. The Balaban J connectivity index is 1.22. The van der Waals surface area contributed by atoms with E-state index < -0.39 is 0 Å². The number of nitrogens with one attached hydrogen (secondary N) is 1. The zero-order valence-corrected chi connectivity index (χ0v) is 22.4. The molecule has 3 aliphatic rings. The molecule has 6 rings (SSSR count). The lowest BCUT2D eigenvalue weighted by atomic mass is 9.83. The number of benzene rings is 2. The lowest BCUT2D eigenvalue weighted by Gasteiger charge is -2.41. The quantitative estimate of drug-likeness (QED) is 0.274. The van der Waals surface area contributed by atoms with Crippen molar-refractivity contribution in [2.45, 2.75) is 89.6 Å². The van der Waals surface area contributed by atoms with Crippen LogP contribution in [0.15, 0.2) is 42.5 Å². The molecule has 2 aromatic carbocycles. The van der Waals surface area contributed by atoms with Crippen LogP contribution in [0.3, 0.4) is 0 Å². The number of ether oxygens (including phenoxy) is 1. The SMILES string of the molecule is CCCCOc1ccc(NC(=S)N2CCn3c4c(c5cc(C6CCCCC6)ccc53)CCCC42)cc1. The highest BCUT2D eigenvalue weighted by Crippen LogP contribution is 2.44. The Morgan fingerprint density at radius 2 is 1.83 bits per heavy atom. The Morgan fingerprint density at radius 3 is 2.64 bits per heavy atom. The predicted octanol–water partition coefficient (Wildman–Crippen LogP) is 7.96. The summed E-state index contributed by atoms with van der Waals surface area (Å²) in [6.45, 7) is 4.91. The largest absolute Gasteiger partial charge is 0.494 e. The topological polar surface area (TPSA) is 29.4 Å². The summed E-state index contributed by atoms with van der Waals surface area (Å²) in [5.74, 6) is 1.68. The summed E-state index contributed by atoms with van der Waals surface area (Å²) in [4.78, 5) is 2.44. The molecule has 1 fully saturated rings. The first-order chi connectivity index (χ1) is 17.7. The van der Waals surface area contributed by atoms with Gasteiger partial charge in [-0.25, -0.2) is 0 Å². The van der Waals surface area contributed by atoms with E-state index in [0.717, 1.165) is 55.0 Å². The van der Waals surface area contributed by atoms with Gasteiger partial charge in [-0.05, 0) is 104 Å². The highest BCUT2D eigenvalue weighted by molar-refractivity contribution is 7.80. The molecule has 0 bridgehead atoms. The molecule has 1 saturated carbocycles. The lowest BCUT2D eigenvalue weighted by Crippen LogP contribution is -2.45. The maximum atomic E-state index is 5.98. The number of thiocarbonyl (C=S) groups is 1. The number of rotatable bonds is 6. The number of anilines is 1. The van der Waals surface area contributed by atoms with Crippen LogP contribution in [0.25, 0.3) is 10.9 Å². The van der Waals surface area contributed by atoms with Crippen LogP contribution in [0.1, 0.15) is 93.5 Å². The second kappa shape index (κ2) is 10.5. The fourth-order valence-electron chi connectivity index (χ4n) is 6.72. The second-order valence-corrected chi connectivity index (χ2v) is 11.3. The number of hydrogen-bond acceptors (Lipinski definition) is 2. The fraction of sp³-hybridized carbons (Fsp3) is 0.516. The number of aryl methyl sites for hydroxylation is 1. The summed E-state index contributed by atoms with van der Waals surface area (Å²) in [5, 5.41) is 5.87. The molecule has 1 aromatic heterocycles. The van der Waals surface area contributed by atoms with E-state index in [1.807, 2.05) is 12.1 Å². The number of hydrogen-bond donors (Lipinski definition) is 1. The van der Waals surface area contributed by atoms with Crippen LogP contribution >= 0.6 is 12.2 Å². The molecule has 1 aliphatic heterocycles. The molecule has 4 nitrogen and oxygen atoms in total. The Morgan fingerprint density at radius 1 is 1.00 bits per heavy atom. The van der Waals surface area contributed by atoms with E-state index in [1.165, 1.54) is 68.0 Å². The number of fused-ring (bicyclic) bond motifs is 3. The van der Waals surface area contributed by atoms with Crippen molar-refractivity contribution >= 4 is 33.9 Å². The number of unbranched alkanes of at least 4 members (excludes halogenated alkanes) is 1. The van der Waals surface area contributed by atoms with Crippen molar-refractivity contribution in [3.63, 3.8) is 0 Å². The normalized spacial score (nSPS) is 19.8. The van der Waals surface area contributed by atoms with E-state index in [-0.39, 0.29) is 0 Å². The molecule has 36 heavy (non-hydrogen) atoms. The minimum absolute atomic E-state index is 0.365. The van der Waals surface area contributed by atoms with Gasteiger partial charge in [0.1, 0.15) is 5.75 Å². The van der Waals surface area contributed by atoms with Crippen LogP contribution in [0.5, 0.6) is 5.75 Å². The fourth-order valence-corrected chi connectivity index (χ4v) is 7.06. The van der Waals surface area contributed by atoms with Crippen LogP contribution in [0, 0.1) is 0 Å². The Labute approximate surface area is 221 Å². The molecule has 3 aromatic rings. The first-order valence-corrected chi connectivity index (χ1v) is 14.6. The van der Waals surface area contributed by atoms with Gasteiger partial charge >= 0.3 is 0 Å². The average Bonchev–Trinajstić information content (AvgIpc) is 3.25. The first-order valence-electron chi connectivity index (χ1n) is 14.2. The molecule has 0 amide bonds. The first kappa shape index (κ1) is 23.8. The standard InChI is InChI=1S/C31H39N3OS/c1-2-3-20-35-25-15-13-24(14-16-25)32-31(36)34-19-18-33-28-17-12-23(22-8-5-4-6-9-22)21-27(28)26-10-7-11-29(34)30(26)33/h12-17,21-22,29H,2-11,18-20H2,1H3,(H,32,36). The zero-order chi connectivity index (χ0) is 24.5. The summed E-state index contributed by atoms with van der Waals surface area (Å²) in [7, 11) is 0. The van der Waals surface area contributed by atoms with Crippen molar-refractivity contribution in [3.8, 4) is 5.75 Å². The van der Waals surface area contributed by atoms with Crippen LogP contribution < -0.4 is 10.1 Å². The van der Waals surface area contributed by atoms with Gasteiger partial charge < -0.3 is 19.5 Å². The minimum atomic E-state index is 0.365. The summed E-state index contributed by atoms with van der Waals surface area (Å²) in [5.41, 5.74) is 7.14. The maximum Gasteiger partial charge on any atom is 0.174 e. The predicted molar refractivity (Wildman–Crippen MR) is 153 cm³/mol. The summed E-state index contributed by atoms with van der Waals surface area (Å²) in [6.07, 6.45) is 12.7. The highest BCUT2D eigenvalue weighted by atomic mass is 32.1. The van der Waals surface area contributed by atoms with Crippen molar-refractivity contribution in [1.29, 1.82) is 0 Å². The van der Waals surface area contributed by atoms with E-state index >= 15 is 0 Å². The summed E-state index contributed by atoms with van der Waals surface area (Å²) in [6, 6.07) is 16.0. The van der Waals surface area contributed by atoms with E-state index in [1.54, 1.807) is 11.1 Å². The van der Waals surface area contributed by atoms with Crippen molar-refractivity contribution in [3.05, 3.63) is 59.3 Å². The van der Waals surface area contributed by atoms with Gasteiger partial charge in [0.2, 0.25) is 0 Å². The van der Waals surface area contributed by atoms with Gasteiger partial charge in [0.05, 0.1) is 12.6 Å². The van der Waals surface area contributed by atoms with Crippen molar-refractivity contribution in [2.24, 2.45) is 0 Å². The van der Waals surface area contributed by atoms with Crippen LogP contribution in [0.4, 0.5) is 5.69 Å². The van der Waals surface area contributed by atoms with E-state index in [2.05, 4.69) is 52.0 Å². The Kier molecular flexibility index (Phi) is 6.92. The van der Waals surface area contributed by atoms with Crippen LogP contribution in [0.2, 0.25) is 0 Å². The van der Waals surface area contributed by atoms with Gasteiger partial charge in [0.15, 0.2) is 5.11 Å². The molecule has 5 heteroatoms. The molecule has 1 N–H and O–H groups in total. The second-order valence-electron chi connectivity index (χ2n) is 10.9. The van der Waals surface area contributed by atoms with Gasteiger partial charge in [-0.1, -0.05) is 38.7 Å². The minimum Gasteiger partial charge on any atom is -0.494 e. The molecule has 1 unspecified atom stereocenters. The van der Waals surface area contributed by atoms with Gasteiger partial charge in [0.25, 0.3) is 0 Å². The Hall–Kier alpha value is -2.53. The third-order valence-corrected chi connectivity index (χ3v) is 8.94. The highest BCUT2D eigenvalue weighted by Gasteiger charge is 2.36. The van der Waals surface area contributed by atoms with Crippen molar-refractivity contribution in [2.75, 3.05) is 18.5 Å². The molecule has 2 aliphatic carbocycles. The third-order valence-electron chi connectivity index (χ3n) is 8.61. The molecular formula is C31H39N3OS. The van der Waals surface area contributed by atoms with E-state index in [0.29, 0.717) is 6.04 Å². The van der Waals surface area contributed by atoms with Gasteiger partial charge in [-0.3, -0.25) is 0 Å². The molecule has 0 radical (unpaired) electrons. The smallest absolute Gasteiger partial charge is 0.174 e. The zero-order valence-electron chi connectivity index (χ0n) is 21.6. The molecule has 190 valence electrons. The number of aromatic nitrogens is 1. The Bertz CT molecular complexity index is 1220. The molecule has 1 atom stereocenters. The molecule has 2 heterocycles. The van der Waals surface area contributed by atoms with Gasteiger partial charge in [-0.2, -0.15) is 0 Å². The van der Waals surface area contributed by atoms with Gasteiger partial charge in [-0.15, -0.1) is 0 Å². The van der Waals surface area contributed by atoms with E-state index in [4.69, 9.17) is 17.0 Å².